The number of carbonyl (C=O) groups excluding carboxylic acids is 1. The van der Waals surface area contributed by atoms with Crippen LogP contribution in [0.25, 0.3) is 0 Å². The second-order valence-electron chi connectivity index (χ2n) is 3.90. The smallest absolute Gasteiger partial charge is 0.230 e. The van der Waals surface area contributed by atoms with Crippen molar-refractivity contribution in [3.05, 3.63) is 24.3 Å². The summed E-state index contributed by atoms with van der Waals surface area (Å²) < 4.78 is 5.36. The lowest BCUT2D eigenvalue weighted by Gasteiger charge is -2.05. The largest absolute Gasteiger partial charge is 0.494 e. The first kappa shape index (κ1) is 14.9. The highest BCUT2D eigenvalue weighted by atomic mass is 32.2. The van der Waals surface area contributed by atoms with Gasteiger partial charge in [0.05, 0.1) is 12.4 Å². The van der Waals surface area contributed by atoms with E-state index in [0.717, 1.165) is 30.0 Å². The molecule has 0 aliphatic carbocycles. The van der Waals surface area contributed by atoms with Gasteiger partial charge in [-0.15, -0.1) is 11.8 Å². The van der Waals surface area contributed by atoms with Crippen LogP contribution in [0.1, 0.15) is 26.7 Å². The number of amides is 1. The van der Waals surface area contributed by atoms with E-state index in [1.807, 2.05) is 31.2 Å². The minimum atomic E-state index is 0.0994. The van der Waals surface area contributed by atoms with Crippen LogP contribution in [0.3, 0.4) is 0 Å². The first-order valence-corrected chi connectivity index (χ1v) is 7.37. The van der Waals surface area contributed by atoms with Crippen molar-refractivity contribution in [1.29, 1.82) is 0 Å². The van der Waals surface area contributed by atoms with Crippen LogP contribution in [0.2, 0.25) is 0 Å². The number of hydrogen-bond donors (Lipinski definition) is 1. The standard InChI is InChI=1S/C14H21NO2S/c1-3-5-10-15-14(16)11-18-13-8-6-12(7-9-13)17-4-2/h6-9H,3-5,10-11H2,1-2H3,(H,15,16). The summed E-state index contributed by atoms with van der Waals surface area (Å²) in [6, 6.07) is 7.83. The van der Waals surface area contributed by atoms with Gasteiger partial charge in [0.1, 0.15) is 5.75 Å². The summed E-state index contributed by atoms with van der Waals surface area (Å²) in [5.74, 6) is 1.44. The number of carbonyl (C=O) groups is 1. The van der Waals surface area contributed by atoms with Crippen LogP contribution in [0.4, 0.5) is 0 Å². The first-order valence-electron chi connectivity index (χ1n) is 6.38. The lowest BCUT2D eigenvalue weighted by atomic mass is 10.3. The molecule has 0 aliphatic heterocycles. The van der Waals surface area contributed by atoms with Gasteiger partial charge in [-0.25, -0.2) is 0 Å². The molecule has 0 fully saturated rings. The highest BCUT2D eigenvalue weighted by Crippen LogP contribution is 2.21. The van der Waals surface area contributed by atoms with E-state index in [2.05, 4.69) is 12.2 Å². The third-order valence-electron chi connectivity index (χ3n) is 2.36. The number of nitrogens with one attached hydrogen (secondary N) is 1. The van der Waals surface area contributed by atoms with E-state index >= 15 is 0 Å². The Kier molecular flexibility index (Phi) is 7.34. The molecule has 1 rings (SSSR count). The molecule has 18 heavy (non-hydrogen) atoms. The monoisotopic (exact) mass is 267 g/mol. The zero-order valence-electron chi connectivity index (χ0n) is 11.1. The molecule has 1 N–H and O–H groups in total. The zero-order valence-corrected chi connectivity index (χ0v) is 11.9. The first-order chi connectivity index (χ1) is 8.76. The average molecular weight is 267 g/mol. The Labute approximate surface area is 113 Å². The predicted octanol–water partition coefficient (Wildman–Crippen LogP) is 3.09. The van der Waals surface area contributed by atoms with E-state index in [-0.39, 0.29) is 5.91 Å². The topological polar surface area (TPSA) is 38.3 Å². The SMILES string of the molecule is CCCCNC(=O)CSc1ccc(OCC)cc1. The molecule has 1 amide bonds. The molecule has 3 nitrogen and oxygen atoms in total. The number of ether oxygens (including phenoxy) is 1. The fourth-order valence-electron chi connectivity index (χ4n) is 1.40. The van der Waals surface area contributed by atoms with Crippen LogP contribution >= 0.6 is 11.8 Å². The molecular weight excluding hydrogens is 246 g/mol. The zero-order chi connectivity index (χ0) is 13.2. The van der Waals surface area contributed by atoms with Crippen molar-refractivity contribution in [3.63, 3.8) is 0 Å². The van der Waals surface area contributed by atoms with Crippen LogP contribution in [0.15, 0.2) is 29.2 Å². The molecule has 0 atom stereocenters. The van der Waals surface area contributed by atoms with E-state index in [0.29, 0.717) is 12.4 Å². The van der Waals surface area contributed by atoms with Crippen molar-refractivity contribution in [2.75, 3.05) is 18.9 Å². The van der Waals surface area contributed by atoms with Crippen LogP contribution in [0.5, 0.6) is 5.75 Å². The Hall–Kier alpha value is -1.16. The lowest BCUT2D eigenvalue weighted by molar-refractivity contribution is -0.118. The van der Waals surface area contributed by atoms with E-state index in [1.165, 1.54) is 0 Å². The molecule has 0 aromatic heterocycles. The second-order valence-corrected chi connectivity index (χ2v) is 4.95. The van der Waals surface area contributed by atoms with Gasteiger partial charge < -0.3 is 10.1 Å². The van der Waals surface area contributed by atoms with E-state index in [1.54, 1.807) is 11.8 Å². The van der Waals surface area contributed by atoms with Crippen molar-refractivity contribution in [2.45, 2.75) is 31.6 Å². The Balaban J connectivity index is 2.27. The minimum Gasteiger partial charge on any atom is -0.494 e. The molecule has 100 valence electrons. The molecule has 0 heterocycles. The number of benzene rings is 1. The summed E-state index contributed by atoms with van der Waals surface area (Å²) in [4.78, 5) is 12.6. The van der Waals surface area contributed by atoms with E-state index in [9.17, 15) is 4.79 Å². The van der Waals surface area contributed by atoms with Crippen molar-refractivity contribution in [2.24, 2.45) is 0 Å². The Morgan fingerprint density at radius 3 is 2.61 bits per heavy atom. The van der Waals surface area contributed by atoms with Gasteiger partial charge in [-0.05, 0) is 37.6 Å². The highest BCUT2D eigenvalue weighted by molar-refractivity contribution is 8.00. The molecule has 0 unspecified atom stereocenters. The van der Waals surface area contributed by atoms with E-state index < -0.39 is 0 Å². The van der Waals surface area contributed by atoms with Gasteiger partial charge in [0.25, 0.3) is 0 Å². The molecule has 0 saturated heterocycles. The summed E-state index contributed by atoms with van der Waals surface area (Å²) in [6.07, 6.45) is 2.14. The molecule has 1 aromatic rings. The molecule has 0 bridgehead atoms. The van der Waals surface area contributed by atoms with Gasteiger partial charge in [0.2, 0.25) is 5.91 Å². The Morgan fingerprint density at radius 2 is 2.00 bits per heavy atom. The molecule has 0 radical (unpaired) electrons. The quantitative estimate of drug-likeness (QED) is 0.581. The van der Waals surface area contributed by atoms with Crippen molar-refractivity contribution in [3.8, 4) is 5.75 Å². The van der Waals surface area contributed by atoms with Crippen LogP contribution in [-0.4, -0.2) is 24.8 Å². The fraction of sp³-hybridized carbons (Fsp3) is 0.500. The molecule has 0 aliphatic rings. The van der Waals surface area contributed by atoms with Gasteiger partial charge >= 0.3 is 0 Å². The van der Waals surface area contributed by atoms with Crippen molar-refractivity contribution < 1.29 is 9.53 Å². The number of hydrogen-bond acceptors (Lipinski definition) is 3. The van der Waals surface area contributed by atoms with Crippen LogP contribution < -0.4 is 10.1 Å². The van der Waals surface area contributed by atoms with Gasteiger partial charge in [-0.3, -0.25) is 4.79 Å². The maximum atomic E-state index is 11.5. The van der Waals surface area contributed by atoms with Gasteiger partial charge in [0, 0.05) is 11.4 Å². The lowest BCUT2D eigenvalue weighted by Crippen LogP contribution is -2.25. The Bertz CT molecular complexity index is 351. The van der Waals surface area contributed by atoms with Crippen LogP contribution in [0, 0.1) is 0 Å². The molecular formula is C14H21NO2S. The van der Waals surface area contributed by atoms with Crippen molar-refractivity contribution >= 4 is 17.7 Å². The average Bonchev–Trinajstić information content (AvgIpc) is 2.39. The number of thioether (sulfide) groups is 1. The van der Waals surface area contributed by atoms with Crippen LogP contribution in [-0.2, 0) is 4.79 Å². The number of unbranched alkanes of at least 4 members (excludes halogenated alkanes) is 1. The predicted molar refractivity (Wildman–Crippen MR) is 76.3 cm³/mol. The highest BCUT2D eigenvalue weighted by Gasteiger charge is 2.02. The second kappa shape index (κ2) is 8.86. The minimum absolute atomic E-state index is 0.0994. The normalized spacial score (nSPS) is 10.1. The summed E-state index contributed by atoms with van der Waals surface area (Å²) in [5.41, 5.74) is 0. The number of rotatable bonds is 8. The third-order valence-corrected chi connectivity index (χ3v) is 3.37. The summed E-state index contributed by atoms with van der Waals surface area (Å²) in [6.45, 7) is 5.52. The molecule has 4 heteroatoms. The van der Waals surface area contributed by atoms with Gasteiger partial charge in [-0.1, -0.05) is 13.3 Å². The molecule has 1 aromatic carbocycles. The van der Waals surface area contributed by atoms with Gasteiger partial charge in [0.15, 0.2) is 0 Å². The van der Waals surface area contributed by atoms with Crippen molar-refractivity contribution in [1.82, 2.24) is 5.32 Å². The summed E-state index contributed by atoms with van der Waals surface area (Å²) in [5, 5.41) is 2.90. The molecule has 0 saturated carbocycles. The Morgan fingerprint density at radius 1 is 1.28 bits per heavy atom. The maximum Gasteiger partial charge on any atom is 0.230 e. The fourth-order valence-corrected chi connectivity index (χ4v) is 2.13. The maximum absolute atomic E-state index is 11.5. The van der Waals surface area contributed by atoms with Gasteiger partial charge in [-0.2, -0.15) is 0 Å². The third kappa shape index (κ3) is 5.96. The van der Waals surface area contributed by atoms with E-state index in [4.69, 9.17) is 4.74 Å². The summed E-state index contributed by atoms with van der Waals surface area (Å²) in [7, 11) is 0. The summed E-state index contributed by atoms with van der Waals surface area (Å²) >= 11 is 1.55. The molecule has 0 spiro atoms.